The number of benzene rings is 1. The van der Waals surface area contributed by atoms with Gasteiger partial charge in [-0.15, -0.1) is 5.10 Å². The molecule has 0 atom stereocenters. The van der Waals surface area contributed by atoms with Crippen molar-refractivity contribution in [3.8, 4) is 0 Å². The summed E-state index contributed by atoms with van der Waals surface area (Å²) >= 11 is 0. The van der Waals surface area contributed by atoms with E-state index in [2.05, 4.69) is 10.2 Å². The van der Waals surface area contributed by atoms with Crippen molar-refractivity contribution in [2.75, 3.05) is 0 Å². The first kappa shape index (κ1) is 10.6. The molecule has 1 aromatic carbocycles. The first-order valence-corrected chi connectivity index (χ1v) is 4.01. The Morgan fingerprint density at radius 2 is 2.27 bits per heavy atom. The van der Waals surface area contributed by atoms with Gasteiger partial charge in [0.1, 0.15) is 0 Å². The molecule has 0 saturated heterocycles. The van der Waals surface area contributed by atoms with E-state index < -0.39 is 4.92 Å². The third-order valence-electron chi connectivity index (χ3n) is 1.51. The Balaban J connectivity index is 2.87. The second kappa shape index (κ2) is 4.70. The molecule has 0 heterocycles. The van der Waals surface area contributed by atoms with Crippen LogP contribution >= 0.6 is 0 Å². The van der Waals surface area contributed by atoms with Crippen molar-refractivity contribution in [2.45, 2.75) is 0 Å². The summed E-state index contributed by atoms with van der Waals surface area (Å²) in [4.78, 5) is 9.96. The molecule has 0 spiro atoms. The highest BCUT2D eigenvalue weighted by molar-refractivity contribution is 5.77. The average molecular weight is 208 g/mol. The lowest BCUT2D eigenvalue weighted by molar-refractivity contribution is -0.456. The lowest BCUT2D eigenvalue weighted by Gasteiger charge is -1.90. The molecule has 7 heteroatoms. The van der Waals surface area contributed by atoms with Gasteiger partial charge in [-0.3, -0.25) is 10.1 Å². The van der Waals surface area contributed by atoms with Crippen molar-refractivity contribution in [1.29, 1.82) is 0 Å². The Morgan fingerprint density at radius 3 is 2.87 bits per heavy atom. The van der Waals surface area contributed by atoms with Gasteiger partial charge in [-0.2, -0.15) is 0 Å². The van der Waals surface area contributed by atoms with E-state index in [4.69, 9.17) is 11.5 Å². The van der Waals surface area contributed by atoms with E-state index in [1.807, 2.05) is 0 Å². The maximum atomic E-state index is 10.4. The minimum absolute atomic E-state index is 0.00949. The Morgan fingerprint density at radius 1 is 1.53 bits per heavy atom. The van der Waals surface area contributed by atoms with Gasteiger partial charge in [-0.05, 0) is 6.07 Å². The number of hydrazone groups is 1. The zero-order valence-corrected chi connectivity index (χ0v) is 7.75. The van der Waals surface area contributed by atoms with Crippen molar-refractivity contribution in [1.82, 2.24) is 0 Å². The second-order valence-corrected chi connectivity index (χ2v) is 2.66. The van der Waals surface area contributed by atoms with Gasteiger partial charge in [0, 0.05) is 22.8 Å². The first-order chi connectivity index (χ1) is 7.09. The number of rotatable bonds is 3. The highest BCUT2D eigenvalue weighted by atomic mass is 16.6. The molecular weight excluding hydrogens is 198 g/mol. The SMILES string of the molecule is NC(N)=N[NH+]=Cc1cccc([N+](=O)[O-])c1. The minimum Gasteiger partial charge on any atom is -0.365 e. The molecule has 1 aromatic rings. The second-order valence-electron chi connectivity index (χ2n) is 2.66. The van der Waals surface area contributed by atoms with Crippen LogP contribution in [0.25, 0.3) is 0 Å². The van der Waals surface area contributed by atoms with Gasteiger partial charge in [0.05, 0.1) is 4.92 Å². The van der Waals surface area contributed by atoms with Crippen LogP contribution in [0.1, 0.15) is 5.56 Å². The standard InChI is InChI=1S/C8H9N5O2/c9-8(10)12-11-5-6-2-1-3-7(4-6)13(14)15/h1-5H,(H4,9,10,12)/p+1. The van der Waals surface area contributed by atoms with Crippen LogP contribution in [0.5, 0.6) is 0 Å². The van der Waals surface area contributed by atoms with Crippen LogP contribution in [0.4, 0.5) is 5.69 Å². The number of non-ortho nitro benzene ring substituents is 1. The van der Waals surface area contributed by atoms with Crippen LogP contribution in [-0.2, 0) is 0 Å². The monoisotopic (exact) mass is 208 g/mol. The lowest BCUT2D eigenvalue weighted by atomic mass is 10.2. The normalized spacial score (nSPS) is 10.1. The molecular formula is C8H10N5O2+. The Labute approximate surface area is 85.3 Å². The maximum Gasteiger partial charge on any atom is 0.270 e. The van der Waals surface area contributed by atoms with Crippen LogP contribution < -0.4 is 16.6 Å². The molecule has 1 rings (SSSR count). The number of hydrogen-bond acceptors (Lipinski definition) is 3. The van der Waals surface area contributed by atoms with Crippen LogP contribution in [0, 0.1) is 10.1 Å². The summed E-state index contributed by atoms with van der Waals surface area (Å²) in [6.07, 6.45) is 1.45. The predicted octanol–water partition coefficient (Wildman–Crippen LogP) is -1.72. The van der Waals surface area contributed by atoms with E-state index in [9.17, 15) is 10.1 Å². The van der Waals surface area contributed by atoms with E-state index in [1.54, 1.807) is 12.1 Å². The molecule has 0 bridgehead atoms. The summed E-state index contributed by atoms with van der Waals surface area (Å²) in [5.74, 6) is -0.114. The zero-order valence-electron chi connectivity index (χ0n) is 7.75. The van der Waals surface area contributed by atoms with Crippen molar-refractivity contribution in [3.63, 3.8) is 0 Å². The molecule has 15 heavy (non-hydrogen) atoms. The van der Waals surface area contributed by atoms with E-state index >= 15 is 0 Å². The van der Waals surface area contributed by atoms with Crippen LogP contribution in [-0.4, -0.2) is 17.1 Å². The number of nitrogens with two attached hydrogens (primary N) is 2. The van der Waals surface area contributed by atoms with Crippen LogP contribution in [0.15, 0.2) is 29.4 Å². The number of nitrogens with zero attached hydrogens (tertiary/aromatic N) is 2. The van der Waals surface area contributed by atoms with E-state index in [0.717, 1.165) is 0 Å². The summed E-state index contributed by atoms with van der Waals surface area (Å²) in [5, 5.41) is 16.4. The lowest BCUT2D eigenvalue weighted by Crippen LogP contribution is -2.63. The Kier molecular flexibility index (Phi) is 3.33. The zero-order chi connectivity index (χ0) is 11.3. The van der Waals surface area contributed by atoms with Crippen molar-refractivity contribution in [2.24, 2.45) is 16.6 Å². The molecule has 5 N–H and O–H groups in total. The molecule has 7 nitrogen and oxygen atoms in total. The van der Waals surface area contributed by atoms with Crippen molar-refractivity contribution < 1.29 is 10.0 Å². The summed E-state index contributed by atoms with van der Waals surface area (Å²) in [6, 6.07) is 6.05. The Hall–Kier alpha value is -2.44. The highest BCUT2D eigenvalue weighted by Gasteiger charge is 2.04. The van der Waals surface area contributed by atoms with Gasteiger partial charge in [-0.1, -0.05) is 6.07 Å². The summed E-state index contributed by atoms with van der Waals surface area (Å²) < 4.78 is 0. The van der Waals surface area contributed by atoms with Gasteiger partial charge in [0.25, 0.3) is 11.6 Å². The number of guanidine groups is 1. The third-order valence-corrected chi connectivity index (χ3v) is 1.51. The fourth-order valence-electron chi connectivity index (χ4n) is 0.909. The first-order valence-electron chi connectivity index (χ1n) is 4.01. The number of nitrogens with one attached hydrogen (secondary N) is 1. The van der Waals surface area contributed by atoms with Gasteiger partial charge in [0.15, 0.2) is 0 Å². The molecule has 0 amide bonds. The van der Waals surface area contributed by atoms with Gasteiger partial charge in [-0.25, -0.2) is 0 Å². The topological polar surface area (TPSA) is 122 Å². The molecule has 0 saturated carbocycles. The predicted molar refractivity (Wildman–Crippen MR) is 55.0 cm³/mol. The fraction of sp³-hybridized carbons (Fsp3) is 0. The highest BCUT2D eigenvalue weighted by Crippen LogP contribution is 2.10. The van der Waals surface area contributed by atoms with E-state index in [-0.39, 0.29) is 11.6 Å². The van der Waals surface area contributed by atoms with Gasteiger partial charge >= 0.3 is 0 Å². The molecule has 0 fully saturated rings. The van der Waals surface area contributed by atoms with E-state index in [0.29, 0.717) is 5.56 Å². The third kappa shape index (κ3) is 3.43. The van der Waals surface area contributed by atoms with Gasteiger partial charge < -0.3 is 11.5 Å². The fourth-order valence-corrected chi connectivity index (χ4v) is 0.909. The molecule has 0 aliphatic rings. The molecule has 0 aliphatic heterocycles. The Bertz CT molecular complexity index is 423. The molecule has 0 unspecified atom stereocenters. The molecule has 0 aliphatic carbocycles. The quantitative estimate of drug-likeness (QED) is 0.237. The summed E-state index contributed by atoms with van der Waals surface area (Å²) in [5.41, 5.74) is 10.8. The summed E-state index contributed by atoms with van der Waals surface area (Å²) in [7, 11) is 0. The number of nitro benzene ring substituents is 1. The van der Waals surface area contributed by atoms with Crippen molar-refractivity contribution in [3.05, 3.63) is 39.9 Å². The summed E-state index contributed by atoms with van der Waals surface area (Å²) in [6.45, 7) is 0. The largest absolute Gasteiger partial charge is 0.365 e. The smallest absolute Gasteiger partial charge is 0.270 e. The molecule has 78 valence electrons. The van der Waals surface area contributed by atoms with Gasteiger partial charge in [0.2, 0.25) is 6.21 Å². The number of hydrogen-bond donors (Lipinski definition) is 3. The molecule has 0 aromatic heterocycles. The van der Waals surface area contributed by atoms with Crippen molar-refractivity contribution >= 4 is 17.9 Å². The van der Waals surface area contributed by atoms with Crippen LogP contribution in [0.3, 0.4) is 0 Å². The maximum absolute atomic E-state index is 10.4. The van der Waals surface area contributed by atoms with E-state index in [1.165, 1.54) is 18.3 Å². The molecule has 0 radical (unpaired) electrons. The van der Waals surface area contributed by atoms with Crippen LogP contribution in [0.2, 0.25) is 0 Å². The number of nitro groups is 1. The minimum atomic E-state index is -0.474. The average Bonchev–Trinajstić information content (AvgIpc) is 2.17.